The van der Waals surface area contributed by atoms with E-state index in [4.69, 9.17) is 0 Å². The zero-order chi connectivity index (χ0) is 94.5. The standard InChI is InChI=1S/C6H12O6S2.C4H6O7S2.4C4H8O6S2.C3H6O6S2.C2H2F2O6S2.C2H2O7S2.C2H4O6S2/c1-5(2)11-13(7,8)6(3,4)14(9,10)12-5;1-4(2)12(6,7)10-3(5)11-13(4,8)9;1-4(2)9-11(5,6)3-12(7,8)10-4;1-4(2)11(5,6)9-3-10-12(4,7)8;1-4-11(5,6)9-2-3-10-12(4,7)8;5-11(6)4-12(7,8)10-3-1-2-9-11;4-10(5)3-11(6,7)9-2-1-8-10;3-2(4)11(5,6)9-1-10-12(2,7)8;3-2-8-10(4,5)1-11(6,7)9-2;3-9(4)2-10(5,6)8-1-7-9/h1-4H3;1-2H3;2*3H2,1-2H3;4H,2-3H2,1H3;1-4H2;1-3H2;1H2;1H2;1-2H2. The Balaban J connectivity index is 0.000000662. The molecule has 0 atom stereocenters. The largest absolute Gasteiger partial charge is 0.540 e. The molecule has 0 aromatic rings. The van der Waals surface area contributed by atoms with Gasteiger partial charge in [0.1, 0.15) is 0 Å². The van der Waals surface area contributed by atoms with Gasteiger partial charge in [-0.15, -0.1) is 0 Å². The number of halogens is 2. The van der Waals surface area contributed by atoms with Crippen molar-refractivity contribution in [1.29, 1.82) is 0 Å². The van der Waals surface area contributed by atoms with Crippen molar-refractivity contribution in [3.8, 4) is 0 Å². The summed E-state index contributed by atoms with van der Waals surface area (Å²) in [5.41, 5.74) is 0. The first-order chi connectivity index (χ1) is 52.0. The lowest BCUT2D eigenvalue weighted by Gasteiger charge is -2.36. The van der Waals surface area contributed by atoms with Gasteiger partial charge in [0.2, 0.25) is 42.2 Å². The minimum absolute atomic E-state index is 0.0299. The van der Waals surface area contributed by atoms with Crippen molar-refractivity contribution >= 4 is 215 Å². The molecule has 84 heteroatoms. The van der Waals surface area contributed by atoms with Crippen molar-refractivity contribution in [2.45, 2.75) is 116 Å². The Labute approximate surface area is 680 Å². The second kappa shape index (κ2) is 38.4. The molecule has 0 amide bonds. The van der Waals surface area contributed by atoms with E-state index in [0.29, 0.717) is 0 Å². The zero-order valence-corrected chi connectivity index (χ0v) is 76.7. The number of carbonyl (C=O) groups excluding carboxylic acids is 2. The van der Waals surface area contributed by atoms with Gasteiger partial charge in [0.15, 0.2) is 32.0 Å². The van der Waals surface area contributed by atoms with Crippen LogP contribution in [-0.2, 0) is 286 Å². The Hall–Kier alpha value is -3.24. The average Bonchev–Trinajstić information content (AvgIpc) is 0.949. The minimum atomic E-state index is -5.41. The molecule has 0 aliphatic carbocycles. The molecule has 10 heterocycles. The van der Waals surface area contributed by atoms with Crippen molar-refractivity contribution in [2.24, 2.45) is 0 Å². The first kappa shape index (κ1) is 114. The maximum Gasteiger partial charge on any atom is 0.540 e. The molecular formula is C35H64F2O62S20. The van der Waals surface area contributed by atoms with E-state index >= 15 is 0 Å². The van der Waals surface area contributed by atoms with Gasteiger partial charge in [0.25, 0.3) is 142 Å². The molecule has 0 aromatic carbocycles. The summed E-state index contributed by atoms with van der Waals surface area (Å²) in [5.74, 6) is -3.30. The van der Waals surface area contributed by atoms with Crippen LogP contribution in [0.4, 0.5) is 18.4 Å². The van der Waals surface area contributed by atoms with Gasteiger partial charge in [-0.1, -0.05) is 0 Å². The molecule has 119 heavy (non-hydrogen) atoms. The third kappa shape index (κ3) is 34.1. The monoisotopic (exact) mass is 2150 g/mol. The summed E-state index contributed by atoms with van der Waals surface area (Å²) in [6, 6.07) is 0. The molecule has 0 bridgehead atoms. The predicted octanol–water partition coefficient (Wildman–Crippen LogP) is -8.21. The summed E-state index contributed by atoms with van der Waals surface area (Å²) in [6.45, 7) is 7.82. The van der Waals surface area contributed by atoms with Crippen LogP contribution in [-0.4, -0.2) is 299 Å². The molecular weight excluding hydrogens is 2090 g/mol. The van der Waals surface area contributed by atoms with Crippen LogP contribution in [0.25, 0.3) is 0 Å². The van der Waals surface area contributed by atoms with Gasteiger partial charge in [-0.3, -0.25) is 25.1 Å². The summed E-state index contributed by atoms with van der Waals surface area (Å²) >= 11 is 0. The lowest BCUT2D eigenvalue weighted by Crippen LogP contribution is -2.54. The highest BCUT2D eigenvalue weighted by molar-refractivity contribution is 8.09. The van der Waals surface area contributed by atoms with E-state index in [-0.39, 0.29) is 46.1 Å². The van der Waals surface area contributed by atoms with Gasteiger partial charge < -0.3 is 16.7 Å². The van der Waals surface area contributed by atoms with Crippen LogP contribution in [0.5, 0.6) is 0 Å². The lowest BCUT2D eigenvalue weighted by molar-refractivity contribution is -0.0815. The van der Waals surface area contributed by atoms with Crippen LogP contribution >= 0.6 is 0 Å². The van der Waals surface area contributed by atoms with E-state index in [1.807, 2.05) is 0 Å². The topological polar surface area (TPSA) is 902 Å². The zero-order valence-electron chi connectivity index (χ0n) is 60.4. The van der Waals surface area contributed by atoms with Crippen LogP contribution in [0.15, 0.2) is 0 Å². The van der Waals surface area contributed by atoms with E-state index in [1.54, 1.807) is 0 Å². The molecule has 10 aliphatic heterocycles. The Kier molecular flexibility index (Phi) is 36.7. The Morgan fingerprint density at radius 2 is 0.462 bits per heavy atom. The first-order valence-electron chi connectivity index (χ1n) is 28.5. The number of rotatable bonds is 0. The lowest BCUT2D eigenvalue weighted by atomic mass is 10.4. The first-order valence-corrected chi connectivity index (χ1v) is 58.4. The molecule has 10 rings (SSSR count). The molecule has 0 radical (unpaired) electrons. The van der Waals surface area contributed by atoms with Crippen molar-refractivity contribution in [3.05, 3.63) is 0 Å². The van der Waals surface area contributed by atoms with E-state index in [1.165, 1.54) is 27.7 Å². The quantitative estimate of drug-likeness (QED) is 0.203. The number of carbonyl (C=O) groups is 2. The SMILES string of the molecule is CC1(C)OS(=O)(=O)C(C)(C)S(=O)(=O)O1.CC1(C)OS(=O)(=O)CS(=O)(=O)O1.CC1(C)S(=O)(=O)OC(=O)OS1(=O)=O.CC1(C)S(=O)(=O)OCOS1(=O)=O.CC1S(=O)(=O)OCCOS1(=O)=O.O=C1OS(=O)(=O)CS(=O)(=O)O1.O=S1(=O)CS(=O)(=O)OCCCO1.O=S1(=O)CS(=O)(=O)OCCO1.O=S1(=O)CS(=O)(=O)OCO1.O=S1(=O)OCOS(=O)(=O)C1(F)F. The normalized spacial score (nSPS) is 29.9. The van der Waals surface area contributed by atoms with Crippen LogP contribution in [0.2, 0.25) is 0 Å². The highest BCUT2D eigenvalue weighted by Gasteiger charge is 2.64. The van der Waals surface area contributed by atoms with Crippen molar-refractivity contribution in [3.63, 3.8) is 0 Å². The van der Waals surface area contributed by atoms with Gasteiger partial charge in [-0.05, 0) is 82.6 Å². The summed E-state index contributed by atoms with van der Waals surface area (Å²) in [7, 11) is -84.6. The highest BCUT2D eigenvalue weighted by atomic mass is 32.3. The Morgan fingerprint density at radius 1 is 0.244 bits per heavy atom. The fourth-order valence-corrected chi connectivity index (χ4v) is 30.7. The maximum atomic E-state index is 12.3. The summed E-state index contributed by atoms with van der Waals surface area (Å²) in [5, 5.41) is -5.74. The number of hydrogen-bond acceptors (Lipinski definition) is 62. The third-order valence-corrected chi connectivity index (χ3v) is 49.3. The van der Waals surface area contributed by atoms with Crippen molar-refractivity contribution in [2.75, 3.05) is 85.4 Å². The molecule has 710 valence electrons. The minimum Gasteiger partial charge on any atom is -0.310 e. The molecule has 0 unspecified atom stereocenters. The average molecular weight is 2160 g/mol. The third-order valence-electron chi connectivity index (χ3n) is 11.7. The summed E-state index contributed by atoms with van der Waals surface area (Å²) in [4.78, 5) is 20.5. The molecule has 0 saturated carbocycles. The molecule has 10 fully saturated rings. The van der Waals surface area contributed by atoms with Crippen molar-refractivity contribution < 1.29 is 270 Å². The van der Waals surface area contributed by atoms with Gasteiger partial charge in [0.05, 0.1) is 39.6 Å². The molecule has 0 N–H and O–H groups in total. The number of hydrogen-bond donors (Lipinski definition) is 0. The smallest absolute Gasteiger partial charge is 0.310 e. The second-order valence-electron chi connectivity index (χ2n) is 23.3. The van der Waals surface area contributed by atoms with E-state index < -0.39 is 293 Å². The second-order valence-corrected chi connectivity index (χ2v) is 62.5. The van der Waals surface area contributed by atoms with Crippen LogP contribution in [0, 0.1) is 0 Å². The van der Waals surface area contributed by atoms with Crippen LogP contribution in [0.3, 0.4) is 0 Å². The molecule has 10 saturated heterocycles. The molecule has 0 spiro atoms. The van der Waals surface area contributed by atoms with Gasteiger partial charge in [-0.25, -0.2) is 51.4 Å². The van der Waals surface area contributed by atoms with Crippen LogP contribution < -0.4 is 0 Å². The van der Waals surface area contributed by atoms with E-state index in [9.17, 15) is 187 Å². The molecule has 10 aliphatic rings. The molecule has 0 aromatic heterocycles. The van der Waals surface area contributed by atoms with Gasteiger partial charge >= 0.3 is 77.6 Å². The van der Waals surface area contributed by atoms with Gasteiger partial charge in [0, 0.05) is 0 Å². The predicted molar refractivity (Wildman–Crippen MR) is 368 cm³/mol. The Morgan fingerprint density at radius 3 is 0.731 bits per heavy atom. The van der Waals surface area contributed by atoms with E-state index in [0.717, 1.165) is 48.5 Å². The van der Waals surface area contributed by atoms with Crippen LogP contribution in [0.1, 0.15) is 82.6 Å². The van der Waals surface area contributed by atoms with Gasteiger partial charge in [-0.2, -0.15) is 177 Å². The fraction of sp³-hybridized carbons (Fsp3) is 0.943. The Bertz CT molecular complexity index is 5830. The summed E-state index contributed by atoms with van der Waals surface area (Å²) in [6.07, 6.45) is -3.24. The molecule has 62 nitrogen and oxygen atoms in total. The highest BCUT2D eigenvalue weighted by Crippen LogP contribution is 2.39. The maximum absolute atomic E-state index is 12.3. The van der Waals surface area contributed by atoms with Crippen molar-refractivity contribution in [1.82, 2.24) is 0 Å². The fourth-order valence-electron chi connectivity index (χ4n) is 5.94. The number of alkyl halides is 2. The summed E-state index contributed by atoms with van der Waals surface area (Å²) < 4.78 is 524. The van der Waals surface area contributed by atoms with E-state index in [2.05, 4.69) is 83.7 Å².